The molecule has 148 valence electrons. The quantitative estimate of drug-likeness (QED) is 0.384. The SMILES string of the molecule is C=C(C)CCc1ccccc1C1Cc2ccccc2-c2ccc(CCC)cc2C1. The maximum atomic E-state index is 4.11. The zero-order valence-electron chi connectivity index (χ0n) is 17.9. The van der Waals surface area contributed by atoms with E-state index in [1.165, 1.54) is 50.9 Å². The molecule has 1 aliphatic rings. The first-order chi connectivity index (χ1) is 14.2. The Labute approximate surface area is 176 Å². The third-order valence-corrected chi connectivity index (χ3v) is 6.26. The van der Waals surface area contributed by atoms with Gasteiger partial charge in [-0.3, -0.25) is 0 Å². The Balaban J connectivity index is 1.78. The van der Waals surface area contributed by atoms with Crippen molar-refractivity contribution in [2.45, 2.75) is 58.3 Å². The van der Waals surface area contributed by atoms with Gasteiger partial charge in [-0.25, -0.2) is 0 Å². The van der Waals surface area contributed by atoms with E-state index in [2.05, 4.69) is 87.2 Å². The van der Waals surface area contributed by atoms with Crippen molar-refractivity contribution >= 4 is 0 Å². The van der Waals surface area contributed by atoms with Crippen LogP contribution >= 0.6 is 0 Å². The van der Waals surface area contributed by atoms with Gasteiger partial charge in [0.05, 0.1) is 0 Å². The van der Waals surface area contributed by atoms with Gasteiger partial charge in [-0.15, -0.1) is 6.58 Å². The highest BCUT2D eigenvalue weighted by molar-refractivity contribution is 5.72. The largest absolute Gasteiger partial charge is 0.100 e. The van der Waals surface area contributed by atoms with E-state index in [4.69, 9.17) is 0 Å². The van der Waals surface area contributed by atoms with Gasteiger partial charge in [-0.1, -0.05) is 85.6 Å². The minimum atomic E-state index is 0.524. The standard InChI is InChI=1S/C29H32/c1-4-9-22-15-17-29-25(18-22)20-26(19-24-11-6-8-13-28(24)29)27-12-7-5-10-23(27)16-14-21(2)3/h5-8,10-13,15,17-18,26H,2,4,9,14,16,19-20H2,1,3H3. The lowest BCUT2D eigenvalue weighted by Crippen LogP contribution is -2.09. The van der Waals surface area contributed by atoms with Gasteiger partial charge in [0.15, 0.2) is 0 Å². The molecular weight excluding hydrogens is 348 g/mol. The molecule has 0 spiro atoms. The van der Waals surface area contributed by atoms with Crippen LogP contribution in [0.4, 0.5) is 0 Å². The Hall–Kier alpha value is -2.60. The summed E-state index contributed by atoms with van der Waals surface area (Å²) in [4.78, 5) is 0. The van der Waals surface area contributed by atoms with Gasteiger partial charge in [0.2, 0.25) is 0 Å². The maximum Gasteiger partial charge on any atom is -0.00779 e. The molecule has 3 aromatic carbocycles. The van der Waals surface area contributed by atoms with E-state index in [1.54, 1.807) is 0 Å². The number of fused-ring (bicyclic) bond motifs is 3. The van der Waals surface area contributed by atoms with Crippen molar-refractivity contribution in [1.82, 2.24) is 0 Å². The van der Waals surface area contributed by atoms with Crippen molar-refractivity contribution < 1.29 is 0 Å². The second-order valence-corrected chi connectivity index (χ2v) is 8.66. The summed E-state index contributed by atoms with van der Waals surface area (Å²) in [6, 6.07) is 25.3. The topological polar surface area (TPSA) is 0 Å². The molecule has 29 heavy (non-hydrogen) atoms. The molecule has 0 saturated carbocycles. The smallest absolute Gasteiger partial charge is 0.00779 e. The number of hydrogen-bond acceptors (Lipinski definition) is 0. The first kappa shape index (κ1) is 19.7. The van der Waals surface area contributed by atoms with E-state index in [1.807, 2.05) is 0 Å². The summed E-state index contributed by atoms with van der Waals surface area (Å²) in [5.41, 5.74) is 11.6. The second-order valence-electron chi connectivity index (χ2n) is 8.66. The van der Waals surface area contributed by atoms with Crippen molar-refractivity contribution in [2.24, 2.45) is 0 Å². The molecule has 3 aromatic rings. The van der Waals surface area contributed by atoms with Crippen LogP contribution in [0.25, 0.3) is 11.1 Å². The van der Waals surface area contributed by atoms with Crippen LogP contribution in [0.1, 0.15) is 60.4 Å². The molecule has 4 rings (SSSR count). The summed E-state index contributed by atoms with van der Waals surface area (Å²) in [6.45, 7) is 8.51. The van der Waals surface area contributed by atoms with Gasteiger partial charge in [0.1, 0.15) is 0 Å². The van der Waals surface area contributed by atoms with Crippen LogP contribution in [0.15, 0.2) is 78.9 Å². The van der Waals surface area contributed by atoms with Crippen molar-refractivity contribution in [1.29, 1.82) is 0 Å². The van der Waals surface area contributed by atoms with Crippen LogP contribution in [-0.2, 0) is 25.7 Å². The summed E-state index contributed by atoms with van der Waals surface area (Å²) in [7, 11) is 0. The molecule has 0 N–H and O–H groups in total. The highest BCUT2D eigenvalue weighted by Crippen LogP contribution is 2.39. The van der Waals surface area contributed by atoms with Gasteiger partial charge in [0, 0.05) is 0 Å². The predicted octanol–water partition coefficient (Wildman–Crippen LogP) is 7.70. The van der Waals surface area contributed by atoms with Crippen LogP contribution in [-0.4, -0.2) is 0 Å². The van der Waals surface area contributed by atoms with E-state index >= 15 is 0 Å². The molecule has 0 aliphatic heterocycles. The highest BCUT2D eigenvalue weighted by atomic mass is 14.3. The minimum absolute atomic E-state index is 0.524. The number of rotatable bonds is 6. The summed E-state index contributed by atoms with van der Waals surface area (Å²) < 4.78 is 0. The van der Waals surface area contributed by atoms with Crippen LogP contribution in [0, 0.1) is 0 Å². The van der Waals surface area contributed by atoms with Crippen LogP contribution < -0.4 is 0 Å². The third kappa shape index (κ3) is 4.37. The first-order valence-corrected chi connectivity index (χ1v) is 11.1. The Morgan fingerprint density at radius 2 is 1.59 bits per heavy atom. The summed E-state index contributed by atoms with van der Waals surface area (Å²) >= 11 is 0. The molecule has 0 amide bonds. The van der Waals surface area contributed by atoms with E-state index in [0.717, 1.165) is 32.1 Å². The summed E-state index contributed by atoms with van der Waals surface area (Å²) in [5, 5.41) is 0. The fraction of sp³-hybridized carbons (Fsp3) is 0.310. The zero-order valence-corrected chi connectivity index (χ0v) is 17.9. The zero-order chi connectivity index (χ0) is 20.2. The lowest BCUT2D eigenvalue weighted by atomic mass is 9.84. The molecule has 1 unspecified atom stereocenters. The maximum absolute atomic E-state index is 4.11. The van der Waals surface area contributed by atoms with Crippen molar-refractivity contribution in [2.75, 3.05) is 0 Å². The molecule has 0 radical (unpaired) electrons. The van der Waals surface area contributed by atoms with E-state index < -0.39 is 0 Å². The monoisotopic (exact) mass is 380 g/mol. The van der Waals surface area contributed by atoms with Gasteiger partial charge in [-0.2, -0.15) is 0 Å². The van der Waals surface area contributed by atoms with Gasteiger partial charge in [-0.05, 0) is 83.9 Å². The van der Waals surface area contributed by atoms with Crippen LogP contribution in [0.2, 0.25) is 0 Å². The van der Waals surface area contributed by atoms with E-state index in [9.17, 15) is 0 Å². The second kappa shape index (κ2) is 8.82. The third-order valence-electron chi connectivity index (χ3n) is 6.26. The minimum Gasteiger partial charge on any atom is -0.100 e. The normalized spacial score (nSPS) is 15.3. The molecule has 0 heteroatoms. The molecule has 0 fully saturated rings. The number of benzene rings is 3. The Morgan fingerprint density at radius 1 is 0.862 bits per heavy atom. The fourth-order valence-electron chi connectivity index (χ4n) is 4.82. The van der Waals surface area contributed by atoms with Crippen LogP contribution in [0.3, 0.4) is 0 Å². The lowest BCUT2D eigenvalue weighted by molar-refractivity contribution is 0.677. The molecule has 0 nitrogen and oxygen atoms in total. The van der Waals surface area contributed by atoms with E-state index in [0.29, 0.717) is 5.92 Å². The van der Waals surface area contributed by atoms with Gasteiger partial charge in [0.25, 0.3) is 0 Å². The fourth-order valence-corrected chi connectivity index (χ4v) is 4.82. The van der Waals surface area contributed by atoms with Crippen molar-refractivity contribution in [3.05, 3.63) is 107 Å². The average molecular weight is 381 g/mol. The molecule has 0 saturated heterocycles. The summed E-state index contributed by atoms with van der Waals surface area (Å²) in [5.74, 6) is 0.524. The Kier molecular flexibility index (Phi) is 6.00. The van der Waals surface area contributed by atoms with E-state index in [-0.39, 0.29) is 0 Å². The van der Waals surface area contributed by atoms with Crippen LogP contribution in [0.5, 0.6) is 0 Å². The first-order valence-electron chi connectivity index (χ1n) is 11.1. The number of aryl methyl sites for hydroxylation is 2. The van der Waals surface area contributed by atoms with Crippen molar-refractivity contribution in [3.8, 4) is 11.1 Å². The summed E-state index contributed by atoms with van der Waals surface area (Å²) in [6.07, 6.45) is 6.74. The van der Waals surface area contributed by atoms with Gasteiger partial charge < -0.3 is 0 Å². The molecule has 0 aromatic heterocycles. The number of hydrogen-bond donors (Lipinski definition) is 0. The average Bonchev–Trinajstić information content (AvgIpc) is 2.89. The van der Waals surface area contributed by atoms with Crippen molar-refractivity contribution in [3.63, 3.8) is 0 Å². The lowest BCUT2D eigenvalue weighted by Gasteiger charge is -2.20. The highest BCUT2D eigenvalue weighted by Gasteiger charge is 2.24. The molecule has 0 heterocycles. The molecule has 1 atom stereocenters. The number of allylic oxidation sites excluding steroid dienone is 1. The molecule has 0 bridgehead atoms. The molecule has 1 aliphatic carbocycles. The predicted molar refractivity (Wildman–Crippen MR) is 126 cm³/mol. The Morgan fingerprint density at radius 3 is 2.41 bits per heavy atom. The molecular formula is C29H32. The van der Waals surface area contributed by atoms with Gasteiger partial charge >= 0.3 is 0 Å². The Bertz CT molecular complexity index is 1010.